The molecule has 0 unspecified atom stereocenters. The zero-order chi connectivity index (χ0) is 23.1. The zero-order valence-electron chi connectivity index (χ0n) is 17.8. The van der Waals surface area contributed by atoms with Crippen molar-refractivity contribution in [2.45, 2.75) is 46.3 Å². The van der Waals surface area contributed by atoms with Crippen LogP contribution in [-0.2, 0) is 4.74 Å². The minimum absolute atomic E-state index is 0.0274. The van der Waals surface area contributed by atoms with Crippen LogP contribution in [0.15, 0.2) is 65.6 Å². The summed E-state index contributed by atoms with van der Waals surface area (Å²) in [5.74, 6) is -1.20. The molecule has 0 saturated heterocycles. The first-order chi connectivity index (χ1) is 13.9. The molecule has 7 nitrogen and oxygen atoms in total. The second-order valence-electron chi connectivity index (χ2n) is 7.66. The number of rotatable bonds is 7. The van der Waals surface area contributed by atoms with E-state index in [1.165, 1.54) is 35.3 Å². The maximum absolute atomic E-state index is 13.2. The highest BCUT2D eigenvalue weighted by Gasteiger charge is 2.27. The molecule has 0 spiro atoms. The van der Waals surface area contributed by atoms with E-state index in [2.05, 4.69) is 11.7 Å². The number of Topliss-reactive ketones (excluding diaryl/α,β-unsaturated/α-hetero) is 1. The van der Waals surface area contributed by atoms with E-state index in [0.29, 0.717) is 0 Å². The van der Waals surface area contributed by atoms with Crippen LogP contribution in [0.1, 0.15) is 45.0 Å². The SMILES string of the molecule is C=C/C=C(\C=C(/N)N(C(=O)OC(C)(C)C)C(C)C)C(=N/O)/C(=O)c1ccc(F)cc1. The fourth-order valence-corrected chi connectivity index (χ4v) is 2.45. The highest BCUT2D eigenvalue weighted by molar-refractivity contribution is 6.51. The number of hydrogen-bond acceptors (Lipinski definition) is 6. The summed E-state index contributed by atoms with van der Waals surface area (Å²) in [5.41, 5.74) is 5.26. The maximum Gasteiger partial charge on any atom is 0.416 e. The third kappa shape index (κ3) is 6.88. The van der Waals surface area contributed by atoms with Gasteiger partial charge in [0, 0.05) is 17.2 Å². The van der Waals surface area contributed by atoms with Gasteiger partial charge in [-0.05, 0) is 65.0 Å². The third-order valence-corrected chi connectivity index (χ3v) is 3.68. The van der Waals surface area contributed by atoms with Crippen molar-refractivity contribution >= 4 is 17.6 Å². The van der Waals surface area contributed by atoms with Gasteiger partial charge in [0.2, 0.25) is 5.78 Å². The van der Waals surface area contributed by atoms with E-state index in [-0.39, 0.29) is 28.7 Å². The van der Waals surface area contributed by atoms with Gasteiger partial charge in [0.25, 0.3) is 0 Å². The van der Waals surface area contributed by atoms with Gasteiger partial charge in [0.1, 0.15) is 17.2 Å². The van der Waals surface area contributed by atoms with Gasteiger partial charge in [-0.1, -0.05) is 23.9 Å². The lowest BCUT2D eigenvalue weighted by Crippen LogP contribution is -2.42. The lowest BCUT2D eigenvalue weighted by molar-refractivity contribution is 0.0263. The Labute approximate surface area is 176 Å². The van der Waals surface area contributed by atoms with Crippen molar-refractivity contribution in [3.05, 3.63) is 71.8 Å². The van der Waals surface area contributed by atoms with Crippen molar-refractivity contribution in [3.8, 4) is 0 Å². The van der Waals surface area contributed by atoms with E-state index in [0.717, 1.165) is 12.1 Å². The minimum atomic E-state index is -0.736. The number of benzene rings is 1. The Hall–Kier alpha value is -3.42. The van der Waals surface area contributed by atoms with Gasteiger partial charge >= 0.3 is 6.09 Å². The highest BCUT2D eigenvalue weighted by atomic mass is 19.1. The molecule has 0 atom stereocenters. The second kappa shape index (κ2) is 10.4. The largest absolute Gasteiger partial charge is 0.443 e. The summed E-state index contributed by atoms with van der Waals surface area (Å²) in [7, 11) is 0. The fraction of sp³-hybridized carbons (Fsp3) is 0.318. The summed E-state index contributed by atoms with van der Waals surface area (Å²) in [4.78, 5) is 26.5. The van der Waals surface area contributed by atoms with Crippen LogP contribution in [-0.4, -0.2) is 39.3 Å². The molecule has 1 amide bonds. The number of nitrogens with two attached hydrogens (primary N) is 1. The summed E-state index contributed by atoms with van der Waals surface area (Å²) in [5, 5.41) is 12.6. The Balaban J connectivity index is 3.35. The van der Waals surface area contributed by atoms with Crippen molar-refractivity contribution in [1.82, 2.24) is 4.90 Å². The van der Waals surface area contributed by atoms with Crippen molar-refractivity contribution < 1.29 is 23.9 Å². The molecule has 0 aliphatic carbocycles. The topological polar surface area (TPSA) is 105 Å². The van der Waals surface area contributed by atoms with E-state index in [1.54, 1.807) is 34.6 Å². The maximum atomic E-state index is 13.2. The Morgan fingerprint density at radius 2 is 1.83 bits per heavy atom. The van der Waals surface area contributed by atoms with Crippen LogP contribution in [0.25, 0.3) is 0 Å². The number of nitrogens with zero attached hydrogens (tertiary/aromatic N) is 2. The van der Waals surface area contributed by atoms with Crippen molar-refractivity contribution in [3.63, 3.8) is 0 Å². The lowest BCUT2D eigenvalue weighted by Gasteiger charge is -2.30. The molecule has 30 heavy (non-hydrogen) atoms. The lowest BCUT2D eigenvalue weighted by atomic mass is 10.00. The van der Waals surface area contributed by atoms with E-state index in [4.69, 9.17) is 10.5 Å². The molecule has 8 heteroatoms. The monoisotopic (exact) mass is 417 g/mol. The van der Waals surface area contributed by atoms with Gasteiger partial charge in [-0.25, -0.2) is 9.18 Å². The van der Waals surface area contributed by atoms with Gasteiger partial charge in [-0.15, -0.1) is 0 Å². The van der Waals surface area contributed by atoms with Crippen molar-refractivity contribution in [1.29, 1.82) is 0 Å². The number of allylic oxidation sites excluding steroid dienone is 4. The molecule has 0 bridgehead atoms. The van der Waals surface area contributed by atoms with Crippen LogP contribution in [0.3, 0.4) is 0 Å². The molecule has 1 aromatic rings. The van der Waals surface area contributed by atoms with Gasteiger partial charge in [-0.2, -0.15) is 0 Å². The molecule has 0 aliphatic heterocycles. The van der Waals surface area contributed by atoms with Crippen LogP contribution < -0.4 is 5.73 Å². The normalized spacial score (nSPS) is 13.2. The number of hydrogen-bond donors (Lipinski definition) is 2. The highest BCUT2D eigenvalue weighted by Crippen LogP contribution is 2.17. The van der Waals surface area contributed by atoms with Gasteiger partial charge in [0.05, 0.1) is 0 Å². The zero-order valence-corrected chi connectivity index (χ0v) is 17.8. The van der Waals surface area contributed by atoms with Crippen LogP contribution in [0.2, 0.25) is 0 Å². The van der Waals surface area contributed by atoms with Gasteiger partial charge in [-0.3, -0.25) is 9.69 Å². The Kier molecular flexibility index (Phi) is 8.52. The molecule has 3 N–H and O–H groups in total. The smallest absolute Gasteiger partial charge is 0.416 e. The summed E-state index contributed by atoms with van der Waals surface area (Å²) in [6, 6.07) is 4.41. The average molecular weight is 417 g/mol. The molecular formula is C22H28FN3O4. The summed E-state index contributed by atoms with van der Waals surface area (Å²) >= 11 is 0. The second-order valence-corrected chi connectivity index (χ2v) is 7.66. The predicted molar refractivity (Wildman–Crippen MR) is 114 cm³/mol. The standard InChI is InChI=1S/C22H28FN3O4/c1-7-8-16(19(25-29)20(27)15-9-11-17(23)12-10-15)13-18(24)26(14(2)3)21(28)30-22(4,5)6/h7-14,29H,1,24H2,2-6H3/b16-8+,18-13+,25-19-. The summed E-state index contributed by atoms with van der Waals surface area (Å²) in [6.07, 6.45) is 3.41. The molecule has 0 fully saturated rings. The fourth-order valence-electron chi connectivity index (χ4n) is 2.45. The summed E-state index contributed by atoms with van der Waals surface area (Å²) in [6.45, 7) is 12.2. The summed E-state index contributed by atoms with van der Waals surface area (Å²) < 4.78 is 18.5. The number of halogens is 1. The van der Waals surface area contributed by atoms with E-state index >= 15 is 0 Å². The predicted octanol–water partition coefficient (Wildman–Crippen LogP) is 4.40. The first-order valence-electron chi connectivity index (χ1n) is 9.26. The Bertz CT molecular complexity index is 879. The Morgan fingerprint density at radius 1 is 1.27 bits per heavy atom. The Morgan fingerprint density at radius 3 is 2.27 bits per heavy atom. The average Bonchev–Trinajstić information content (AvgIpc) is 2.61. The number of ether oxygens (including phenoxy) is 1. The van der Waals surface area contributed by atoms with Crippen molar-refractivity contribution in [2.75, 3.05) is 0 Å². The van der Waals surface area contributed by atoms with E-state index in [9.17, 15) is 19.2 Å². The van der Waals surface area contributed by atoms with Crippen LogP contribution >= 0.6 is 0 Å². The van der Waals surface area contributed by atoms with Gasteiger partial charge < -0.3 is 15.7 Å². The number of carbonyl (C=O) groups is 2. The third-order valence-electron chi connectivity index (χ3n) is 3.68. The van der Waals surface area contributed by atoms with E-state index < -0.39 is 23.3 Å². The molecule has 1 aromatic carbocycles. The number of amides is 1. The van der Waals surface area contributed by atoms with Crippen LogP contribution in [0.5, 0.6) is 0 Å². The molecule has 0 aromatic heterocycles. The van der Waals surface area contributed by atoms with E-state index in [1.807, 2.05) is 0 Å². The molecule has 0 heterocycles. The van der Waals surface area contributed by atoms with Crippen molar-refractivity contribution in [2.24, 2.45) is 10.9 Å². The first kappa shape index (κ1) is 24.6. The molecule has 0 radical (unpaired) electrons. The van der Waals surface area contributed by atoms with Crippen LogP contribution in [0, 0.1) is 5.82 Å². The van der Waals surface area contributed by atoms with Crippen LogP contribution in [0.4, 0.5) is 9.18 Å². The molecule has 1 rings (SSSR count). The van der Waals surface area contributed by atoms with Gasteiger partial charge in [0.15, 0.2) is 5.71 Å². The molecular weight excluding hydrogens is 389 g/mol. The minimum Gasteiger partial charge on any atom is -0.443 e. The quantitative estimate of drug-likeness (QED) is 0.225. The number of ketones is 1. The molecule has 0 aliphatic rings. The molecule has 0 saturated carbocycles. The molecule has 162 valence electrons. The number of carbonyl (C=O) groups excluding carboxylic acids is 2. The number of oxime groups is 1. The first-order valence-corrected chi connectivity index (χ1v) is 9.26.